The van der Waals surface area contributed by atoms with E-state index in [0.717, 1.165) is 11.5 Å². The summed E-state index contributed by atoms with van der Waals surface area (Å²) in [4.78, 5) is 0. The fourth-order valence-corrected chi connectivity index (χ4v) is 1.64. The number of hydrogen-bond donors (Lipinski definition) is 2. The van der Waals surface area contributed by atoms with E-state index in [9.17, 15) is 4.39 Å². The number of halogens is 1. The van der Waals surface area contributed by atoms with Crippen LogP contribution in [0.25, 0.3) is 0 Å². The standard InChI is InChI=1S/C13H15FN2O/c1-8-3-6-13(17-8)9(2)16-12-5-4-10(15)7-11(12)14/h3-7,9,16H,15H2,1-2H3. The molecule has 0 amide bonds. The topological polar surface area (TPSA) is 51.2 Å². The molecule has 0 radical (unpaired) electrons. The maximum Gasteiger partial charge on any atom is 0.148 e. The van der Waals surface area contributed by atoms with E-state index >= 15 is 0 Å². The van der Waals surface area contributed by atoms with Gasteiger partial charge in [0, 0.05) is 5.69 Å². The van der Waals surface area contributed by atoms with Crippen molar-refractivity contribution >= 4 is 11.4 Å². The quantitative estimate of drug-likeness (QED) is 0.799. The van der Waals surface area contributed by atoms with Crippen molar-refractivity contribution < 1.29 is 8.81 Å². The van der Waals surface area contributed by atoms with Crippen LogP contribution in [0.5, 0.6) is 0 Å². The summed E-state index contributed by atoms with van der Waals surface area (Å²) in [5.41, 5.74) is 6.32. The summed E-state index contributed by atoms with van der Waals surface area (Å²) >= 11 is 0. The van der Waals surface area contributed by atoms with Crippen LogP contribution < -0.4 is 11.1 Å². The maximum atomic E-state index is 13.6. The highest BCUT2D eigenvalue weighted by atomic mass is 19.1. The Hall–Kier alpha value is -1.97. The Balaban J connectivity index is 2.15. The molecule has 3 nitrogen and oxygen atoms in total. The fraction of sp³-hybridized carbons (Fsp3) is 0.231. The first-order valence-corrected chi connectivity index (χ1v) is 5.44. The van der Waals surface area contributed by atoms with Crippen LogP contribution in [0.15, 0.2) is 34.7 Å². The number of benzene rings is 1. The minimum absolute atomic E-state index is 0.0955. The summed E-state index contributed by atoms with van der Waals surface area (Å²) in [6.07, 6.45) is 0. The van der Waals surface area contributed by atoms with E-state index in [1.54, 1.807) is 12.1 Å². The lowest BCUT2D eigenvalue weighted by Gasteiger charge is -2.13. The summed E-state index contributed by atoms with van der Waals surface area (Å²) in [5, 5.41) is 3.04. The first-order chi connectivity index (χ1) is 8.06. The molecule has 1 aromatic carbocycles. The molecule has 0 fully saturated rings. The molecule has 1 unspecified atom stereocenters. The van der Waals surface area contributed by atoms with Gasteiger partial charge in [-0.25, -0.2) is 4.39 Å². The van der Waals surface area contributed by atoms with Gasteiger partial charge in [-0.15, -0.1) is 0 Å². The molecule has 3 N–H and O–H groups in total. The molecule has 17 heavy (non-hydrogen) atoms. The highest BCUT2D eigenvalue weighted by molar-refractivity contribution is 5.53. The van der Waals surface area contributed by atoms with Crippen LogP contribution in [0.3, 0.4) is 0 Å². The third kappa shape index (κ3) is 2.58. The van der Waals surface area contributed by atoms with Gasteiger partial charge < -0.3 is 15.5 Å². The summed E-state index contributed by atoms with van der Waals surface area (Å²) in [7, 11) is 0. The van der Waals surface area contributed by atoms with Crippen molar-refractivity contribution in [3.05, 3.63) is 47.7 Å². The molecule has 2 aromatic rings. The zero-order valence-electron chi connectivity index (χ0n) is 9.83. The lowest BCUT2D eigenvalue weighted by atomic mass is 10.2. The second-order valence-corrected chi connectivity index (χ2v) is 4.05. The van der Waals surface area contributed by atoms with Crippen molar-refractivity contribution in [2.24, 2.45) is 0 Å². The second kappa shape index (κ2) is 4.49. The third-order valence-electron chi connectivity index (χ3n) is 2.55. The number of hydrogen-bond acceptors (Lipinski definition) is 3. The minimum Gasteiger partial charge on any atom is -0.464 e. The van der Waals surface area contributed by atoms with Gasteiger partial charge in [-0.2, -0.15) is 0 Å². The average Bonchev–Trinajstić information content (AvgIpc) is 2.69. The van der Waals surface area contributed by atoms with E-state index in [2.05, 4.69) is 5.32 Å². The molecule has 0 saturated heterocycles. The first-order valence-electron chi connectivity index (χ1n) is 5.44. The van der Waals surface area contributed by atoms with E-state index in [0.29, 0.717) is 11.4 Å². The van der Waals surface area contributed by atoms with Crippen molar-refractivity contribution in [3.8, 4) is 0 Å². The largest absolute Gasteiger partial charge is 0.464 e. The molecule has 4 heteroatoms. The van der Waals surface area contributed by atoms with E-state index in [1.165, 1.54) is 6.07 Å². The molecule has 1 aromatic heterocycles. The number of nitrogens with two attached hydrogens (primary N) is 1. The monoisotopic (exact) mass is 234 g/mol. The van der Waals surface area contributed by atoms with Crippen molar-refractivity contribution in [1.82, 2.24) is 0 Å². The van der Waals surface area contributed by atoms with Gasteiger partial charge >= 0.3 is 0 Å². The number of nitrogens with one attached hydrogen (secondary N) is 1. The van der Waals surface area contributed by atoms with Crippen LogP contribution in [-0.2, 0) is 0 Å². The Morgan fingerprint density at radius 2 is 2.06 bits per heavy atom. The highest BCUT2D eigenvalue weighted by Crippen LogP contribution is 2.24. The van der Waals surface area contributed by atoms with E-state index in [-0.39, 0.29) is 11.9 Å². The number of aryl methyl sites for hydroxylation is 1. The summed E-state index contributed by atoms with van der Waals surface area (Å²) < 4.78 is 19.0. The SMILES string of the molecule is Cc1ccc(C(C)Nc2ccc(N)cc2F)o1. The van der Waals surface area contributed by atoms with Crippen molar-refractivity contribution in [1.29, 1.82) is 0 Å². The molecule has 0 saturated carbocycles. The van der Waals surface area contributed by atoms with Crippen LogP contribution in [0.2, 0.25) is 0 Å². The number of furan rings is 1. The van der Waals surface area contributed by atoms with Gasteiger partial charge in [-0.05, 0) is 44.2 Å². The minimum atomic E-state index is -0.361. The lowest BCUT2D eigenvalue weighted by Crippen LogP contribution is -2.07. The number of rotatable bonds is 3. The zero-order chi connectivity index (χ0) is 12.4. The predicted octanol–water partition coefficient (Wildman–Crippen LogP) is 3.48. The molecule has 0 aliphatic carbocycles. The fourth-order valence-electron chi connectivity index (χ4n) is 1.64. The Labute approximate surface area is 99.4 Å². The molecule has 90 valence electrons. The molecule has 0 aliphatic heterocycles. The summed E-state index contributed by atoms with van der Waals surface area (Å²) in [6, 6.07) is 8.24. The third-order valence-corrected chi connectivity index (χ3v) is 2.55. The highest BCUT2D eigenvalue weighted by Gasteiger charge is 2.11. The molecule has 0 aliphatic rings. The van der Waals surface area contributed by atoms with Crippen molar-refractivity contribution in [3.63, 3.8) is 0 Å². The van der Waals surface area contributed by atoms with Crippen LogP contribution in [0.4, 0.5) is 15.8 Å². The van der Waals surface area contributed by atoms with Crippen LogP contribution in [0, 0.1) is 12.7 Å². The Kier molecular flexibility index (Phi) is 3.04. The summed E-state index contributed by atoms with van der Waals surface area (Å²) in [6.45, 7) is 3.79. The summed E-state index contributed by atoms with van der Waals surface area (Å²) in [5.74, 6) is 1.25. The number of nitrogen functional groups attached to an aromatic ring is 1. The molecular formula is C13H15FN2O. The molecular weight excluding hydrogens is 219 g/mol. The van der Waals surface area contributed by atoms with Gasteiger partial charge in [-0.1, -0.05) is 0 Å². The predicted molar refractivity (Wildman–Crippen MR) is 66.3 cm³/mol. The van der Waals surface area contributed by atoms with Gasteiger partial charge in [0.2, 0.25) is 0 Å². The van der Waals surface area contributed by atoms with Crippen molar-refractivity contribution in [2.45, 2.75) is 19.9 Å². The molecule has 0 spiro atoms. The van der Waals surface area contributed by atoms with E-state index < -0.39 is 0 Å². The molecule has 0 bridgehead atoms. The maximum absolute atomic E-state index is 13.6. The smallest absolute Gasteiger partial charge is 0.148 e. The Morgan fingerprint density at radius 3 is 2.65 bits per heavy atom. The Bertz CT molecular complexity index is 522. The van der Waals surface area contributed by atoms with Gasteiger partial charge in [0.05, 0.1) is 11.7 Å². The van der Waals surface area contributed by atoms with E-state index in [4.69, 9.17) is 10.2 Å². The van der Waals surface area contributed by atoms with Crippen LogP contribution in [0.1, 0.15) is 24.5 Å². The molecule has 2 rings (SSSR count). The van der Waals surface area contributed by atoms with Gasteiger partial charge in [0.15, 0.2) is 0 Å². The zero-order valence-corrected chi connectivity index (χ0v) is 9.83. The molecule has 1 heterocycles. The Morgan fingerprint density at radius 1 is 1.29 bits per heavy atom. The average molecular weight is 234 g/mol. The lowest BCUT2D eigenvalue weighted by molar-refractivity contribution is 0.466. The normalized spacial score (nSPS) is 12.4. The number of anilines is 2. The van der Waals surface area contributed by atoms with Gasteiger partial charge in [-0.3, -0.25) is 0 Å². The first kappa shape index (κ1) is 11.5. The van der Waals surface area contributed by atoms with Crippen LogP contribution >= 0.6 is 0 Å². The van der Waals surface area contributed by atoms with Crippen molar-refractivity contribution in [2.75, 3.05) is 11.1 Å². The van der Waals surface area contributed by atoms with E-state index in [1.807, 2.05) is 26.0 Å². The van der Waals surface area contributed by atoms with Gasteiger partial charge in [0.1, 0.15) is 17.3 Å². The second-order valence-electron chi connectivity index (χ2n) is 4.05. The van der Waals surface area contributed by atoms with Crippen LogP contribution in [-0.4, -0.2) is 0 Å². The van der Waals surface area contributed by atoms with Gasteiger partial charge in [0.25, 0.3) is 0 Å². The molecule has 1 atom stereocenters.